The van der Waals surface area contributed by atoms with Crippen LogP contribution in [-0.2, 0) is 10.0 Å². The molecular formula is C21H21Cl2NO5S. The highest BCUT2D eigenvalue weighted by Crippen LogP contribution is 2.44. The molecule has 2 aliphatic heterocycles. The van der Waals surface area contributed by atoms with E-state index in [1.807, 2.05) is 6.92 Å². The Labute approximate surface area is 185 Å². The van der Waals surface area contributed by atoms with Gasteiger partial charge in [-0.05, 0) is 43.3 Å². The van der Waals surface area contributed by atoms with Crippen LogP contribution in [0.5, 0.6) is 11.5 Å². The molecule has 0 aliphatic carbocycles. The molecule has 0 amide bonds. The number of sulfonamides is 1. The number of halogens is 2. The third-order valence-electron chi connectivity index (χ3n) is 5.52. The van der Waals surface area contributed by atoms with Crippen molar-refractivity contribution in [2.45, 2.75) is 36.7 Å². The quantitative estimate of drug-likeness (QED) is 0.654. The lowest BCUT2D eigenvalue weighted by atomic mass is 9.83. The Morgan fingerprint density at radius 2 is 1.80 bits per heavy atom. The van der Waals surface area contributed by atoms with E-state index in [1.54, 1.807) is 36.4 Å². The minimum atomic E-state index is -3.64. The first-order chi connectivity index (χ1) is 14.2. The summed E-state index contributed by atoms with van der Waals surface area (Å²) >= 11 is 12.3. The molecule has 1 saturated heterocycles. The van der Waals surface area contributed by atoms with Crippen LogP contribution < -0.4 is 9.47 Å². The number of carbonyl (C=O) groups is 1. The Kier molecular flexibility index (Phi) is 5.74. The number of hydrogen-bond acceptors (Lipinski definition) is 5. The smallest absolute Gasteiger partial charge is 0.243 e. The molecule has 0 unspecified atom stereocenters. The normalized spacial score (nSPS) is 18.7. The van der Waals surface area contributed by atoms with Gasteiger partial charge in [0.2, 0.25) is 10.0 Å². The van der Waals surface area contributed by atoms with Gasteiger partial charge < -0.3 is 9.47 Å². The van der Waals surface area contributed by atoms with E-state index in [0.717, 1.165) is 0 Å². The Morgan fingerprint density at radius 1 is 1.13 bits per heavy atom. The van der Waals surface area contributed by atoms with Crippen molar-refractivity contribution in [1.29, 1.82) is 0 Å². The maximum atomic E-state index is 13.0. The van der Waals surface area contributed by atoms with Crippen molar-refractivity contribution in [2.24, 2.45) is 0 Å². The molecule has 30 heavy (non-hydrogen) atoms. The zero-order chi connectivity index (χ0) is 21.5. The van der Waals surface area contributed by atoms with E-state index in [9.17, 15) is 13.2 Å². The fraction of sp³-hybridized carbons (Fsp3) is 0.381. The number of Topliss-reactive ketones (excluding diaryl/α,β-unsaturated/α-hetero) is 1. The molecule has 0 N–H and O–H groups in total. The first kappa shape index (κ1) is 21.4. The molecule has 0 aromatic heterocycles. The molecule has 0 atom stereocenters. The zero-order valence-electron chi connectivity index (χ0n) is 16.4. The highest BCUT2D eigenvalue weighted by atomic mass is 35.5. The lowest BCUT2D eigenvalue weighted by molar-refractivity contribution is 0.00598. The van der Waals surface area contributed by atoms with Crippen molar-refractivity contribution in [3.63, 3.8) is 0 Å². The number of ketones is 1. The van der Waals surface area contributed by atoms with Crippen LogP contribution in [0.3, 0.4) is 0 Å². The second kappa shape index (κ2) is 8.04. The van der Waals surface area contributed by atoms with E-state index in [4.69, 9.17) is 32.7 Å². The highest BCUT2D eigenvalue weighted by Gasteiger charge is 2.45. The fourth-order valence-electron chi connectivity index (χ4n) is 3.95. The number of ether oxygens (including phenoxy) is 2. The van der Waals surface area contributed by atoms with Gasteiger partial charge in [-0.15, -0.1) is 0 Å². The SMILES string of the molecule is CCOc1ccc(S(=O)(=O)N2CCC3(CC2)CC(=O)c2cc(Cl)cc(Cl)c2O3)cc1. The van der Waals surface area contributed by atoms with Crippen LogP contribution in [0.15, 0.2) is 41.3 Å². The van der Waals surface area contributed by atoms with Crippen molar-refractivity contribution >= 4 is 39.0 Å². The second-order valence-corrected chi connectivity index (χ2v) is 10.2. The summed E-state index contributed by atoms with van der Waals surface area (Å²) in [5.41, 5.74) is -0.380. The summed E-state index contributed by atoms with van der Waals surface area (Å²) in [5, 5.41) is 0.664. The molecule has 2 aromatic carbocycles. The van der Waals surface area contributed by atoms with Gasteiger partial charge in [0.05, 0.1) is 28.5 Å². The van der Waals surface area contributed by atoms with Crippen molar-refractivity contribution in [2.75, 3.05) is 19.7 Å². The zero-order valence-corrected chi connectivity index (χ0v) is 18.7. The van der Waals surface area contributed by atoms with Crippen LogP contribution in [-0.4, -0.2) is 43.8 Å². The van der Waals surface area contributed by atoms with Gasteiger partial charge in [0.1, 0.15) is 17.1 Å². The molecule has 1 fully saturated rings. The molecule has 1 spiro atoms. The predicted octanol–water partition coefficient (Wildman–Crippen LogP) is 4.58. The summed E-state index contributed by atoms with van der Waals surface area (Å²) in [6.07, 6.45) is 0.967. The van der Waals surface area contributed by atoms with Gasteiger partial charge in [-0.1, -0.05) is 23.2 Å². The van der Waals surface area contributed by atoms with Gasteiger partial charge >= 0.3 is 0 Å². The van der Waals surface area contributed by atoms with E-state index in [-0.39, 0.29) is 35.2 Å². The number of carbonyl (C=O) groups excluding carboxylic acids is 1. The summed E-state index contributed by atoms with van der Waals surface area (Å²) in [4.78, 5) is 12.9. The summed E-state index contributed by atoms with van der Waals surface area (Å²) in [6.45, 7) is 2.89. The number of nitrogens with zero attached hydrogens (tertiary/aromatic N) is 1. The highest BCUT2D eigenvalue weighted by molar-refractivity contribution is 7.89. The topological polar surface area (TPSA) is 72.9 Å². The van der Waals surface area contributed by atoms with E-state index < -0.39 is 15.6 Å². The number of piperidine rings is 1. The molecule has 2 aromatic rings. The minimum absolute atomic E-state index is 0.0940. The van der Waals surface area contributed by atoms with Crippen LogP contribution in [0.1, 0.15) is 36.5 Å². The molecule has 0 saturated carbocycles. The van der Waals surface area contributed by atoms with Crippen molar-refractivity contribution < 1.29 is 22.7 Å². The Hall–Kier alpha value is -1.80. The van der Waals surface area contributed by atoms with Gasteiger partial charge in [-0.25, -0.2) is 8.42 Å². The Bertz CT molecular complexity index is 1080. The summed E-state index contributed by atoms with van der Waals surface area (Å²) in [7, 11) is -3.64. The first-order valence-corrected chi connectivity index (χ1v) is 11.9. The molecule has 0 bridgehead atoms. The molecule has 4 rings (SSSR count). The van der Waals surface area contributed by atoms with Gasteiger partial charge in [-0.2, -0.15) is 4.31 Å². The van der Waals surface area contributed by atoms with Crippen LogP contribution in [0.2, 0.25) is 10.0 Å². The maximum Gasteiger partial charge on any atom is 0.243 e. The third-order valence-corrected chi connectivity index (χ3v) is 7.93. The Balaban J connectivity index is 1.51. The number of hydrogen-bond donors (Lipinski definition) is 0. The number of rotatable bonds is 4. The number of fused-ring (bicyclic) bond motifs is 1. The third kappa shape index (κ3) is 3.91. The van der Waals surface area contributed by atoms with E-state index in [1.165, 1.54) is 4.31 Å². The standard InChI is InChI=1S/C21H21Cl2NO5S/c1-2-28-15-3-5-16(6-4-15)30(26,27)24-9-7-21(8-10-24)13-19(25)17-11-14(22)12-18(23)20(17)29-21/h3-6,11-12H,2,7-10,13H2,1H3. The molecule has 2 aliphatic rings. The number of benzene rings is 2. The van der Waals surface area contributed by atoms with Crippen LogP contribution in [0.25, 0.3) is 0 Å². The Morgan fingerprint density at radius 3 is 2.43 bits per heavy atom. The van der Waals surface area contributed by atoms with Gasteiger partial charge in [0.25, 0.3) is 0 Å². The molecule has 9 heteroatoms. The summed E-state index contributed by atoms with van der Waals surface area (Å²) in [5.74, 6) is 0.863. The van der Waals surface area contributed by atoms with E-state index >= 15 is 0 Å². The van der Waals surface area contributed by atoms with E-state index in [0.29, 0.717) is 41.5 Å². The molecule has 2 heterocycles. The first-order valence-electron chi connectivity index (χ1n) is 9.68. The lowest BCUT2D eigenvalue weighted by Gasteiger charge is -2.43. The average molecular weight is 470 g/mol. The van der Waals surface area contributed by atoms with Crippen molar-refractivity contribution in [3.8, 4) is 11.5 Å². The molecule has 0 radical (unpaired) electrons. The van der Waals surface area contributed by atoms with Gasteiger partial charge in [0.15, 0.2) is 5.78 Å². The minimum Gasteiger partial charge on any atom is -0.494 e. The fourth-order valence-corrected chi connectivity index (χ4v) is 5.92. The van der Waals surface area contributed by atoms with Gasteiger partial charge in [-0.3, -0.25) is 4.79 Å². The maximum absolute atomic E-state index is 13.0. The van der Waals surface area contributed by atoms with E-state index in [2.05, 4.69) is 0 Å². The predicted molar refractivity (Wildman–Crippen MR) is 114 cm³/mol. The van der Waals surface area contributed by atoms with Crippen LogP contribution in [0.4, 0.5) is 0 Å². The summed E-state index contributed by atoms with van der Waals surface area (Å²) < 4.78 is 39.0. The largest absolute Gasteiger partial charge is 0.494 e. The molecular weight excluding hydrogens is 449 g/mol. The molecule has 6 nitrogen and oxygen atoms in total. The second-order valence-electron chi connectivity index (χ2n) is 7.46. The average Bonchev–Trinajstić information content (AvgIpc) is 2.70. The van der Waals surface area contributed by atoms with Crippen LogP contribution >= 0.6 is 23.2 Å². The van der Waals surface area contributed by atoms with Gasteiger partial charge in [0, 0.05) is 31.0 Å². The van der Waals surface area contributed by atoms with Crippen molar-refractivity contribution in [3.05, 3.63) is 52.0 Å². The van der Waals surface area contributed by atoms with Crippen LogP contribution in [0, 0.1) is 0 Å². The monoisotopic (exact) mass is 469 g/mol. The van der Waals surface area contributed by atoms with Crippen molar-refractivity contribution in [1.82, 2.24) is 4.31 Å². The molecule has 160 valence electrons. The summed E-state index contributed by atoms with van der Waals surface area (Å²) in [6, 6.07) is 9.49. The lowest BCUT2D eigenvalue weighted by Crippen LogP contribution is -2.52.